The van der Waals surface area contributed by atoms with Gasteiger partial charge in [0, 0.05) is 31.2 Å². The number of aromatic nitrogens is 1. The van der Waals surface area contributed by atoms with E-state index < -0.39 is 12.2 Å². The van der Waals surface area contributed by atoms with Crippen molar-refractivity contribution in [2.45, 2.75) is 52.6 Å². The average molecular weight is 592 g/mol. The summed E-state index contributed by atoms with van der Waals surface area (Å²) in [6.45, 7) is 12.8. The molecule has 0 aliphatic carbocycles. The molecule has 220 valence electrons. The van der Waals surface area contributed by atoms with Gasteiger partial charge in [-0.05, 0) is 60.7 Å². The Morgan fingerprint density at radius 2 is 1.95 bits per heavy atom. The van der Waals surface area contributed by atoms with Crippen molar-refractivity contribution in [1.29, 1.82) is 0 Å². The van der Waals surface area contributed by atoms with Gasteiger partial charge in [-0.1, -0.05) is 56.3 Å². The minimum atomic E-state index is -1.36. The van der Waals surface area contributed by atoms with Crippen LogP contribution in [0.25, 0.3) is 11.3 Å². The molecule has 1 fully saturated rings. The summed E-state index contributed by atoms with van der Waals surface area (Å²) in [5, 5.41) is 21.8. The molecular formula is C32H35ClFN5O3. The number of aliphatic hydroxyl groups is 2. The van der Waals surface area contributed by atoms with Crippen molar-refractivity contribution in [3.05, 3.63) is 88.2 Å². The highest BCUT2D eigenvalue weighted by Crippen LogP contribution is 2.43. The fourth-order valence-electron chi connectivity index (χ4n) is 5.81. The lowest BCUT2D eigenvalue weighted by Gasteiger charge is -2.44. The largest absolute Gasteiger partial charge is 0.392 e. The van der Waals surface area contributed by atoms with Gasteiger partial charge < -0.3 is 20.0 Å². The molecule has 0 radical (unpaired) electrons. The number of amides is 1. The monoisotopic (exact) mass is 591 g/mol. The number of aliphatic imine (C=N–C) groups is 1. The summed E-state index contributed by atoms with van der Waals surface area (Å²) in [6.07, 6.45) is -0.0481. The number of hydrogen-bond acceptors (Lipinski definition) is 7. The number of piperazine rings is 1. The molecule has 1 amide bonds. The molecule has 42 heavy (non-hydrogen) atoms. The third-order valence-corrected chi connectivity index (χ3v) is 8.13. The Labute approximate surface area is 250 Å². The van der Waals surface area contributed by atoms with E-state index in [-0.39, 0.29) is 40.8 Å². The first-order chi connectivity index (χ1) is 20.0. The normalized spacial score (nSPS) is 18.7. The maximum atomic E-state index is 15.0. The lowest BCUT2D eigenvalue weighted by atomic mass is 9.94. The molecule has 1 aromatic heterocycles. The van der Waals surface area contributed by atoms with E-state index >= 15 is 0 Å². The Morgan fingerprint density at radius 3 is 2.60 bits per heavy atom. The van der Waals surface area contributed by atoms with Crippen LogP contribution in [0, 0.1) is 12.7 Å². The van der Waals surface area contributed by atoms with Crippen molar-refractivity contribution in [2.75, 3.05) is 24.5 Å². The zero-order chi connectivity index (χ0) is 30.3. The van der Waals surface area contributed by atoms with Crippen LogP contribution in [-0.2, 0) is 11.4 Å². The standard InChI is InChI=1S/C32H35ClFN5O3/c1-6-27(41)37-11-12-38(20(5)16-37)30-24-15-25(33)28(22-9-7-8-10-26(22)34)35-31(24)39(32(42)36-30)29-19(4)13-21(17-40)14-23(29)18(2)3/h6-10,13-15,18,20,32,40,42H,1,11-12,16-17H2,2-5H3/t20-,32?/m0/s1. The first-order valence-corrected chi connectivity index (χ1v) is 14.4. The summed E-state index contributed by atoms with van der Waals surface area (Å²) in [6, 6.07) is 11.7. The SMILES string of the molecule is C=CC(=O)N1CCN(C2=NC(O)N(c3c(C)cc(CO)cc3C(C)C)c3nc(-c4ccccc4F)c(Cl)cc32)[C@@H](C)C1. The first-order valence-electron chi connectivity index (χ1n) is 14.0. The van der Waals surface area contributed by atoms with E-state index in [1.165, 1.54) is 12.1 Å². The Hall–Kier alpha value is -3.79. The predicted molar refractivity (Wildman–Crippen MR) is 163 cm³/mol. The van der Waals surface area contributed by atoms with Crippen molar-refractivity contribution >= 4 is 34.8 Å². The van der Waals surface area contributed by atoms with Gasteiger partial charge in [0.15, 0.2) is 0 Å². The molecule has 2 N–H and O–H groups in total. The minimum absolute atomic E-state index is 0.0417. The highest BCUT2D eigenvalue weighted by atomic mass is 35.5. The van der Waals surface area contributed by atoms with E-state index in [9.17, 15) is 19.4 Å². The second kappa shape index (κ2) is 11.8. The maximum Gasteiger partial charge on any atom is 0.246 e. The summed E-state index contributed by atoms with van der Waals surface area (Å²) in [4.78, 5) is 27.4. The number of nitrogens with zero attached hydrogens (tertiary/aromatic N) is 5. The van der Waals surface area contributed by atoms with Gasteiger partial charge in [0.1, 0.15) is 17.5 Å². The zero-order valence-electron chi connectivity index (χ0n) is 24.2. The van der Waals surface area contributed by atoms with Crippen LogP contribution >= 0.6 is 11.6 Å². The minimum Gasteiger partial charge on any atom is -0.392 e. The van der Waals surface area contributed by atoms with Gasteiger partial charge in [-0.15, -0.1) is 0 Å². The lowest BCUT2D eigenvalue weighted by Crippen LogP contribution is -2.56. The number of pyridine rings is 1. The Balaban J connectivity index is 1.72. The molecule has 3 aromatic rings. The van der Waals surface area contributed by atoms with Crippen LogP contribution in [0.4, 0.5) is 15.9 Å². The van der Waals surface area contributed by atoms with E-state index in [4.69, 9.17) is 21.6 Å². The number of benzene rings is 2. The van der Waals surface area contributed by atoms with Crippen LogP contribution < -0.4 is 4.90 Å². The van der Waals surface area contributed by atoms with E-state index in [2.05, 4.69) is 6.58 Å². The summed E-state index contributed by atoms with van der Waals surface area (Å²) in [5.74, 6) is 0.318. The van der Waals surface area contributed by atoms with Gasteiger partial charge in [-0.25, -0.2) is 14.4 Å². The number of amidine groups is 1. The molecule has 8 nitrogen and oxygen atoms in total. The molecule has 3 heterocycles. The zero-order valence-corrected chi connectivity index (χ0v) is 24.9. The van der Waals surface area contributed by atoms with Crippen LogP contribution in [-0.4, -0.2) is 68.8 Å². The lowest BCUT2D eigenvalue weighted by molar-refractivity contribution is -0.128. The average Bonchev–Trinajstić information content (AvgIpc) is 2.96. The van der Waals surface area contributed by atoms with Crippen molar-refractivity contribution in [2.24, 2.45) is 4.99 Å². The molecule has 2 atom stereocenters. The van der Waals surface area contributed by atoms with Crippen molar-refractivity contribution in [3.63, 3.8) is 0 Å². The smallest absolute Gasteiger partial charge is 0.246 e. The Bertz CT molecular complexity index is 1580. The fourth-order valence-corrected chi connectivity index (χ4v) is 6.06. The predicted octanol–water partition coefficient (Wildman–Crippen LogP) is 5.36. The van der Waals surface area contributed by atoms with Crippen LogP contribution in [0.2, 0.25) is 5.02 Å². The molecule has 2 aromatic carbocycles. The van der Waals surface area contributed by atoms with Gasteiger partial charge in [0.05, 0.1) is 28.6 Å². The molecule has 0 bridgehead atoms. The van der Waals surface area contributed by atoms with Crippen LogP contribution in [0.1, 0.15) is 48.9 Å². The van der Waals surface area contributed by atoms with E-state index in [0.717, 1.165) is 16.7 Å². The molecule has 0 spiro atoms. The number of hydrogen-bond donors (Lipinski definition) is 2. The Kier molecular flexibility index (Phi) is 8.37. The molecule has 0 saturated carbocycles. The number of anilines is 2. The molecule has 2 aliphatic heterocycles. The number of halogens is 2. The second-order valence-electron chi connectivity index (χ2n) is 11.0. The van der Waals surface area contributed by atoms with Crippen LogP contribution in [0.15, 0.2) is 60.1 Å². The van der Waals surface area contributed by atoms with Gasteiger partial charge in [-0.3, -0.25) is 9.69 Å². The van der Waals surface area contributed by atoms with E-state index in [0.29, 0.717) is 42.5 Å². The molecule has 2 aliphatic rings. The number of aliphatic hydroxyl groups excluding tert-OH is 2. The molecule has 1 unspecified atom stereocenters. The van der Waals surface area contributed by atoms with Gasteiger partial charge >= 0.3 is 0 Å². The van der Waals surface area contributed by atoms with Gasteiger partial charge in [0.2, 0.25) is 12.3 Å². The Morgan fingerprint density at radius 1 is 1.21 bits per heavy atom. The van der Waals surface area contributed by atoms with E-state index in [1.54, 1.807) is 34.1 Å². The van der Waals surface area contributed by atoms with E-state index in [1.807, 2.05) is 44.7 Å². The molecule has 5 rings (SSSR count). The summed E-state index contributed by atoms with van der Waals surface area (Å²) >= 11 is 6.80. The maximum absolute atomic E-state index is 15.0. The molecular weight excluding hydrogens is 557 g/mol. The van der Waals surface area contributed by atoms with Crippen LogP contribution in [0.3, 0.4) is 0 Å². The highest BCUT2D eigenvalue weighted by Gasteiger charge is 2.38. The quantitative estimate of drug-likeness (QED) is 0.388. The highest BCUT2D eigenvalue weighted by molar-refractivity contribution is 6.33. The topological polar surface area (TPSA) is 92.5 Å². The number of rotatable bonds is 5. The van der Waals surface area contributed by atoms with Gasteiger partial charge in [-0.2, -0.15) is 0 Å². The molecule has 1 saturated heterocycles. The second-order valence-corrected chi connectivity index (χ2v) is 11.4. The third-order valence-electron chi connectivity index (χ3n) is 7.84. The van der Waals surface area contributed by atoms with Crippen molar-refractivity contribution < 1.29 is 19.4 Å². The third kappa shape index (κ3) is 5.28. The van der Waals surface area contributed by atoms with Crippen molar-refractivity contribution in [3.8, 4) is 11.3 Å². The summed E-state index contributed by atoms with van der Waals surface area (Å²) in [5.41, 5.74) is 4.26. The van der Waals surface area contributed by atoms with Crippen molar-refractivity contribution in [1.82, 2.24) is 14.8 Å². The number of aryl methyl sites for hydroxylation is 1. The van der Waals surface area contributed by atoms with Gasteiger partial charge in [0.25, 0.3) is 0 Å². The fraction of sp³-hybridized carbons (Fsp3) is 0.344. The molecule has 10 heteroatoms. The first kappa shape index (κ1) is 29.7. The summed E-state index contributed by atoms with van der Waals surface area (Å²) < 4.78 is 15.0. The number of carbonyl (C=O) groups is 1. The number of fused-ring (bicyclic) bond motifs is 1. The summed E-state index contributed by atoms with van der Waals surface area (Å²) in [7, 11) is 0. The van der Waals surface area contributed by atoms with Crippen LogP contribution in [0.5, 0.6) is 0 Å². The number of carbonyl (C=O) groups excluding carboxylic acids is 1.